The summed E-state index contributed by atoms with van der Waals surface area (Å²) in [7, 11) is 0. The van der Waals surface area contributed by atoms with Gasteiger partial charge in [0.25, 0.3) is 0 Å². The van der Waals surface area contributed by atoms with Gasteiger partial charge in [-0.1, -0.05) is 78.9 Å². The highest BCUT2D eigenvalue weighted by Gasteiger charge is 2.55. The molecule has 0 bridgehead atoms. The smallest absolute Gasteiger partial charge is 0.232 e. The van der Waals surface area contributed by atoms with Gasteiger partial charge in [-0.15, -0.1) is 0 Å². The normalized spacial score (nSPS) is 17.9. The Kier molecular flexibility index (Phi) is 5.86. The Hall–Kier alpha value is -3.44. The highest BCUT2D eigenvalue weighted by molar-refractivity contribution is 5.96. The summed E-state index contributed by atoms with van der Waals surface area (Å²) >= 11 is 0. The first kappa shape index (κ1) is 22.1. The number of amides is 1. The van der Waals surface area contributed by atoms with Crippen molar-refractivity contribution in [3.8, 4) is 0 Å². The highest BCUT2D eigenvalue weighted by Crippen LogP contribution is 2.51. The Bertz CT molecular complexity index is 1300. The van der Waals surface area contributed by atoms with Crippen molar-refractivity contribution in [2.75, 3.05) is 19.6 Å². The van der Waals surface area contributed by atoms with E-state index in [1.54, 1.807) is 0 Å². The van der Waals surface area contributed by atoms with Crippen molar-refractivity contribution >= 4 is 16.8 Å². The molecule has 2 heterocycles. The van der Waals surface area contributed by atoms with Crippen LogP contribution in [0.15, 0.2) is 84.9 Å². The quantitative estimate of drug-likeness (QED) is 0.396. The first-order chi connectivity index (χ1) is 17.2. The van der Waals surface area contributed by atoms with Crippen LogP contribution in [0.2, 0.25) is 0 Å². The van der Waals surface area contributed by atoms with Crippen LogP contribution in [0.5, 0.6) is 0 Å². The molecule has 5 heteroatoms. The summed E-state index contributed by atoms with van der Waals surface area (Å²) in [6.45, 7) is 3.74. The molecule has 6 rings (SSSR count). The number of likely N-dealkylation sites (tertiary alicyclic amines) is 1. The molecule has 178 valence electrons. The van der Waals surface area contributed by atoms with E-state index < -0.39 is 5.41 Å². The molecule has 1 amide bonds. The van der Waals surface area contributed by atoms with E-state index in [4.69, 9.17) is 5.10 Å². The number of hydrogen-bond acceptors (Lipinski definition) is 3. The van der Waals surface area contributed by atoms with Crippen LogP contribution in [-0.4, -0.2) is 40.2 Å². The molecule has 1 unspecified atom stereocenters. The summed E-state index contributed by atoms with van der Waals surface area (Å²) in [5.41, 5.74) is 3.85. The molecule has 1 N–H and O–H groups in total. The van der Waals surface area contributed by atoms with E-state index in [9.17, 15) is 4.79 Å². The van der Waals surface area contributed by atoms with Crippen LogP contribution >= 0.6 is 0 Å². The first-order valence-electron chi connectivity index (χ1n) is 12.8. The van der Waals surface area contributed by atoms with E-state index in [1.807, 2.05) is 18.2 Å². The topological polar surface area (TPSA) is 50.2 Å². The third kappa shape index (κ3) is 4.37. The number of aromatic nitrogens is 2. The molecule has 1 aliphatic carbocycles. The van der Waals surface area contributed by atoms with Crippen LogP contribution in [0.4, 0.5) is 0 Å². The molecule has 0 spiro atoms. The van der Waals surface area contributed by atoms with Crippen molar-refractivity contribution in [3.63, 3.8) is 0 Å². The Morgan fingerprint density at radius 1 is 0.886 bits per heavy atom. The molecule has 2 aliphatic rings. The molecule has 5 nitrogen and oxygen atoms in total. The van der Waals surface area contributed by atoms with Gasteiger partial charge >= 0.3 is 0 Å². The Balaban J connectivity index is 1.34. The van der Waals surface area contributed by atoms with E-state index in [-0.39, 0.29) is 11.9 Å². The van der Waals surface area contributed by atoms with Crippen LogP contribution < -0.4 is 5.32 Å². The van der Waals surface area contributed by atoms with E-state index in [0.29, 0.717) is 6.54 Å². The number of carbonyl (C=O) groups is 1. The lowest BCUT2D eigenvalue weighted by Crippen LogP contribution is -2.42. The van der Waals surface area contributed by atoms with Crippen molar-refractivity contribution in [2.45, 2.75) is 43.7 Å². The molecule has 35 heavy (non-hydrogen) atoms. The molecule has 1 aromatic heterocycles. The van der Waals surface area contributed by atoms with Crippen molar-refractivity contribution in [2.24, 2.45) is 0 Å². The monoisotopic (exact) mass is 464 g/mol. The summed E-state index contributed by atoms with van der Waals surface area (Å²) in [6, 6.07) is 29.0. The van der Waals surface area contributed by atoms with Gasteiger partial charge < -0.3 is 10.2 Å². The van der Waals surface area contributed by atoms with Crippen molar-refractivity contribution in [1.82, 2.24) is 20.0 Å². The molecule has 3 aromatic carbocycles. The lowest BCUT2D eigenvalue weighted by Gasteiger charge is -2.27. The largest absolute Gasteiger partial charge is 0.347 e. The maximum Gasteiger partial charge on any atom is 0.232 e. The summed E-state index contributed by atoms with van der Waals surface area (Å²) in [5.74, 6) is 0.130. The van der Waals surface area contributed by atoms with Crippen LogP contribution in [0, 0.1) is 0 Å². The van der Waals surface area contributed by atoms with Crippen LogP contribution in [0.3, 0.4) is 0 Å². The standard InChI is InChI=1S/C30H32N4O/c35-29(31-27(22-33-19-9-10-20-33)24-13-5-2-6-14-24)30(17-18-30)28-25-15-7-8-16-26(25)32-34(28)21-23-11-3-1-4-12-23/h1-8,11-16,27H,9-10,17-22H2,(H,31,35). The average molecular weight is 465 g/mol. The first-order valence-corrected chi connectivity index (χ1v) is 12.8. The number of carbonyl (C=O) groups excluding carboxylic acids is 1. The fourth-order valence-corrected chi connectivity index (χ4v) is 5.59. The fraction of sp³-hybridized carbons (Fsp3) is 0.333. The highest BCUT2D eigenvalue weighted by atomic mass is 16.2. The molecule has 4 aromatic rings. The van der Waals surface area contributed by atoms with Gasteiger partial charge in [0, 0.05) is 11.9 Å². The molecule has 1 saturated carbocycles. The van der Waals surface area contributed by atoms with Gasteiger partial charge in [-0.3, -0.25) is 9.48 Å². The summed E-state index contributed by atoms with van der Waals surface area (Å²) < 4.78 is 2.07. The van der Waals surface area contributed by atoms with Gasteiger partial charge in [0.05, 0.1) is 29.2 Å². The Morgan fingerprint density at radius 2 is 1.54 bits per heavy atom. The van der Waals surface area contributed by atoms with Gasteiger partial charge in [0.1, 0.15) is 0 Å². The minimum absolute atomic E-state index is 0.0176. The zero-order valence-electron chi connectivity index (χ0n) is 20.1. The number of nitrogens with zero attached hydrogens (tertiary/aromatic N) is 3. The molecule has 1 saturated heterocycles. The van der Waals surface area contributed by atoms with Crippen molar-refractivity contribution in [3.05, 3.63) is 102 Å². The Morgan fingerprint density at radius 3 is 2.26 bits per heavy atom. The second-order valence-electron chi connectivity index (χ2n) is 10.0. The molecule has 0 radical (unpaired) electrons. The van der Waals surface area contributed by atoms with Crippen LogP contribution in [0.25, 0.3) is 10.9 Å². The summed E-state index contributed by atoms with van der Waals surface area (Å²) in [4.78, 5) is 16.5. The maximum absolute atomic E-state index is 14.1. The van der Waals surface area contributed by atoms with Crippen molar-refractivity contribution < 1.29 is 4.79 Å². The molecule has 1 atom stereocenters. The van der Waals surface area contributed by atoms with Gasteiger partial charge in [0.15, 0.2) is 0 Å². The maximum atomic E-state index is 14.1. The SMILES string of the molecule is O=C(NC(CN1CCCC1)c1ccccc1)C1(c2c3ccccc3nn2Cc2ccccc2)CC1. The van der Waals surface area contributed by atoms with Crippen LogP contribution in [-0.2, 0) is 16.8 Å². The van der Waals surface area contributed by atoms with E-state index in [2.05, 4.69) is 81.6 Å². The Labute approximate surface area is 206 Å². The average Bonchev–Trinajstić information content (AvgIpc) is 3.36. The third-order valence-electron chi connectivity index (χ3n) is 7.61. The van der Waals surface area contributed by atoms with Gasteiger partial charge in [-0.25, -0.2) is 0 Å². The summed E-state index contributed by atoms with van der Waals surface area (Å²) in [5, 5.41) is 9.52. The molecule has 1 aliphatic heterocycles. The minimum Gasteiger partial charge on any atom is -0.347 e. The zero-order valence-corrected chi connectivity index (χ0v) is 20.1. The van der Waals surface area contributed by atoms with E-state index in [1.165, 1.54) is 24.0 Å². The third-order valence-corrected chi connectivity index (χ3v) is 7.61. The number of fused-ring (bicyclic) bond motifs is 1. The van der Waals surface area contributed by atoms with Gasteiger partial charge in [-0.2, -0.15) is 5.10 Å². The molecule has 2 fully saturated rings. The van der Waals surface area contributed by atoms with Gasteiger partial charge in [-0.05, 0) is 56.0 Å². The lowest BCUT2D eigenvalue weighted by atomic mass is 9.96. The summed E-state index contributed by atoms with van der Waals surface area (Å²) in [6.07, 6.45) is 4.19. The van der Waals surface area contributed by atoms with Crippen molar-refractivity contribution in [1.29, 1.82) is 0 Å². The molecular formula is C30H32N4O. The fourth-order valence-electron chi connectivity index (χ4n) is 5.59. The lowest BCUT2D eigenvalue weighted by molar-refractivity contribution is -0.124. The van der Waals surface area contributed by atoms with E-state index >= 15 is 0 Å². The second kappa shape index (κ2) is 9.31. The minimum atomic E-state index is -0.525. The predicted octanol–water partition coefficient (Wildman–Crippen LogP) is 5.07. The number of rotatable bonds is 8. The zero-order chi connectivity index (χ0) is 23.7. The number of nitrogens with one attached hydrogen (secondary N) is 1. The number of hydrogen-bond donors (Lipinski definition) is 1. The second-order valence-corrected chi connectivity index (χ2v) is 10.0. The predicted molar refractivity (Wildman–Crippen MR) is 139 cm³/mol. The van der Waals surface area contributed by atoms with Crippen LogP contribution in [0.1, 0.15) is 48.5 Å². The van der Waals surface area contributed by atoms with E-state index in [0.717, 1.165) is 49.1 Å². The number of benzene rings is 3. The van der Waals surface area contributed by atoms with Gasteiger partial charge in [0.2, 0.25) is 5.91 Å². The molecular weight excluding hydrogens is 432 g/mol.